The number of piperazine rings is 1. The van der Waals surface area contributed by atoms with Crippen LogP contribution in [0, 0.1) is 6.92 Å². The zero-order valence-electron chi connectivity index (χ0n) is 18.0. The molecule has 1 aliphatic rings. The molecule has 0 atom stereocenters. The quantitative estimate of drug-likeness (QED) is 0.575. The molecule has 1 aliphatic heterocycles. The Balaban J connectivity index is 1.37. The van der Waals surface area contributed by atoms with Crippen LogP contribution >= 0.6 is 11.3 Å². The maximum Gasteiger partial charge on any atom is 0.253 e. The summed E-state index contributed by atoms with van der Waals surface area (Å²) in [6.07, 6.45) is 0. The number of nitrogens with zero attached hydrogens (tertiary/aromatic N) is 2. The van der Waals surface area contributed by atoms with E-state index >= 15 is 0 Å². The van der Waals surface area contributed by atoms with E-state index in [1.807, 2.05) is 23.6 Å². The molecule has 0 spiro atoms. The van der Waals surface area contributed by atoms with Gasteiger partial charge < -0.3 is 4.90 Å². The number of hydrogen-bond acceptors (Lipinski definition) is 5. The minimum atomic E-state index is -3.69. The maximum absolute atomic E-state index is 13.0. The molecule has 0 radical (unpaired) electrons. The van der Waals surface area contributed by atoms with Crippen molar-refractivity contribution in [3.63, 3.8) is 0 Å². The van der Waals surface area contributed by atoms with Gasteiger partial charge in [-0.2, -0.15) is 0 Å². The highest BCUT2D eigenvalue weighted by atomic mass is 32.2. The molecular weight excluding hydrogens is 442 g/mol. The Morgan fingerprint density at radius 1 is 1.00 bits per heavy atom. The summed E-state index contributed by atoms with van der Waals surface area (Å²) in [5, 5.41) is 1.91. The van der Waals surface area contributed by atoms with E-state index in [0.29, 0.717) is 18.7 Å². The van der Waals surface area contributed by atoms with Crippen molar-refractivity contribution in [3.8, 4) is 0 Å². The Bertz CT molecular complexity index is 1170. The van der Waals surface area contributed by atoms with E-state index in [2.05, 4.69) is 34.7 Å². The molecule has 0 saturated carbocycles. The molecule has 8 heteroatoms. The van der Waals surface area contributed by atoms with Gasteiger partial charge in [0, 0.05) is 49.7 Å². The minimum Gasteiger partial charge on any atom is -0.336 e. The van der Waals surface area contributed by atoms with Gasteiger partial charge in [0.1, 0.15) is 0 Å². The lowest BCUT2D eigenvalue weighted by molar-refractivity contribution is 0.0628. The Kier molecular flexibility index (Phi) is 7.05. The van der Waals surface area contributed by atoms with Gasteiger partial charge in [0.2, 0.25) is 10.0 Å². The molecule has 0 aliphatic carbocycles. The van der Waals surface area contributed by atoms with Crippen molar-refractivity contribution in [2.75, 3.05) is 26.2 Å². The number of carbonyl (C=O) groups excluding carboxylic acids is 1. The molecule has 1 aromatic heterocycles. The summed E-state index contributed by atoms with van der Waals surface area (Å²) in [6.45, 7) is 6.06. The van der Waals surface area contributed by atoms with E-state index in [-0.39, 0.29) is 17.3 Å². The van der Waals surface area contributed by atoms with Gasteiger partial charge in [-0.15, -0.1) is 11.3 Å². The van der Waals surface area contributed by atoms with Crippen molar-refractivity contribution in [3.05, 3.63) is 87.6 Å². The van der Waals surface area contributed by atoms with E-state index in [1.165, 1.54) is 34.6 Å². The number of thiophene rings is 1. The van der Waals surface area contributed by atoms with Crippen LogP contribution in [0.4, 0.5) is 0 Å². The number of benzene rings is 2. The molecule has 1 fully saturated rings. The van der Waals surface area contributed by atoms with Crippen molar-refractivity contribution in [2.45, 2.75) is 24.9 Å². The molecular formula is C24H27N3O3S2. The highest BCUT2D eigenvalue weighted by molar-refractivity contribution is 7.89. The van der Waals surface area contributed by atoms with Crippen LogP contribution in [-0.2, 0) is 23.1 Å². The van der Waals surface area contributed by atoms with Gasteiger partial charge in [0.15, 0.2) is 0 Å². The highest BCUT2D eigenvalue weighted by Crippen LogP contribution is 2.17. The van der Waals surface area contributed by atoms with Crippen LogP contribution in [0.2, 0.25) is 0 Å². The second-order valence-corrected chi connectivity index (χ2v) is 10.7. The molecule has 1 amide bonds. The fourth-order valence-electron chi connectivity index (χ4n) is 3.78. The number of amides is 1. The Hall–Kier alpha value is -2.52. The van der Waals surface area contributed by atoms with Crippen molar-refractivity contribution in [1.82, 2.24) is 14.5 Å². The summed E-state index contributed by atoms with van der Waals surface area (Å²) in [5.41, 5.74) is 2.98. The summed E-state index contributed by atoms with van der Waals surface area (Å²) in [4.78, 5) is 18.2. The normalized spacial score (nSPS) is 15.1. The molecule has 3 aromatic rings. The Morgan fingerprint density at radius 3 is 2.50 bits per heavy atom. The van der Waals surface area contributed by atoms with Crippen LogP contribution in [0.5, 0.6) is 0 Å². The Morgan fingerprint density at radius 2 is 1.78 bits per heavy atom. The van der Waals surface area contributed by atoms with Gasteiger partial charge in [-0.1, -0.05) is 36.4 Å². The van der Waals surface area contributed by atoms with E-state index in [4.69, 9.17) is 0 Å². The van der Waals surface area contributed by atoms with E-state index < -0.39 is 10.0 Å². The van der Waals surface area contributed by atoms with Crippen molar-refractivity contribution >= 4 is 27.3 Å². The summed E-state index contributed by atoms with van der Waals surface area (Å²) in [5.74, 6) is -0.129. The third-order valence-corrected chi connectivity index (χ3v) is 8.00. The standard InChI is InChI=1S/C24H27N3O3S2/c1-19-6-2-3-7-21(19)18-26-11-13-27(14-12-26)24(28)20-8-4-10-23(16-20)32(29,30)25-17-22-9-5-15-31-22/h2-10,15-16,25H,11-14,17-18H2,1H3. The van der Waals surface area contributed by atoms with Crippen molar-refractivity contribution in [2.24, 2.45) is 0 Å². The van der Waals surface area contributed by atoms with Crippen LogP contribution in [0.25, 0.3) is 0 Å². The van der Waals surface area contributed by atoms with E-state index in [0.717, 1.165) is 24.5 Å². The van der Waals surface area contributed by atoms with Gasteiger partial charge in [-0.3, -0.25) is 9.69 Å². The summed E-state index contributed by atoms with van der Waals surface area (Å²) >= 11 is 1.50. The number of rotatable bonds is 7. The SMILES string of the molecule is Cc1ccccc1CN1CCN(C(=O)c2cccc(S(=O)(=O)NCc3cccs3)c2)CC1. The first-order valence-electron chi connectivity index (χ1n) is 10.6. The zero-order chi connectivity index (χ0) is 22.6. The molecule has 6 nitrogen and oxygen atoms in total. The third-order valence-electron chi connectivity index (χ3n) is 5.72. The minimum absolute atomic E-state index is 0.109. The topological polar surface area (TPSA) is 69.7 Å². The molecule has 168 valence electrons. The second kappa shape index (κ2) is 9.95. The largest absolute Gasteiger partial charge is 0.336 e. The van der Waals surface area contributed by atoms with Gasteiger partial charge in [0.05, 0.1) is 4.90 Å². The monoisotopic (exact) mass is 469 g/mol. The number of carbonyl (C=O) groups is 1. The predicted octanol–water partition coefficient (Wildman–Crippen LogP) is 3.49. The predicted molar refractivity (Wildman–Crippen MR) is 127 cm³/mol. The number of hydrogen-bond donors (Lipinski definition) is 1. The fraction of sp³-hybridized carbons (Fsp3) is 0.292. The lowest BCUT2D eigenvalue weighted by Crippen LogP contribution is -2.48. The molecule has 4 rings (SSSR count). The number of nitrogens with one attached hydrogen (secondary N) is 1. The van der Waals surface area contributed by atoms with Gasteiger partial charge in [-0.25, -0.2) is 13.1 Å². The van der Waals surface area contributed by atoms with Gasteiger partial charge in [0.25, 0.3) is 5.91 Å². The number of sulfonamides is 1. The molecule has 1 N–H and O–H groups in total. The van der Waals surface area contributed by atoms with Crippen LogP contribution in [0.3, 0.4) is 0 Å². The van der Waals surface area contributed by atoms with Crippen LogP contribution < -0.4 is 4.72 Å². The first-order valence-corrected chi connectivity index (χ1v) is 13.0. The summed E-state index contributed by atoms with van der Waals surface area (Å²) in [7, 11) is -3.69. The maximum atomic E-state index is 13.0. The average Bonchev–Trinajstić information content (AvgIpc) is 3.33. The first kappa shape index (κ1) is 22.7. The van der Waals surface area contributed by atoms with Crippen LogP contribution in [-0.4, -0.2) is 50.3 Å². The molecule has 0 unspecified atom stereocenters. The number of aryl methyl sites for hydroxylation is 1. The lowest BCUT2D eigenvalue weighted by Gasteiger charge is -2.35. The lowest BCUT2D eigenvalue weighted by atomic mass is 10.1. The van der Waals surface area contributed by atoms with E-state index in [9.17, 15) is 13.2 Å². The molecule has 2 heterocycles. The summed E-state index contributed by atoms with van der Waals surface area (Å²) < 4.78 is 28.0. The van der Waals surface area contributed by atoms with Crippen LogP contribution in [0.15, 0.2) is 70.9 Å². The first-order chi connectivity index (χ1) is 15.4. The van der Waals surface area contributed by atoms with Gasteiger partial charge in [-0.05, 0) is 47.7 Å². The average molecular weight is 470 g/mol. The molecule has 2 aromatic carbocycles. The van der Waals surface area contributed by atoms with Crippen molar-refractivity contribution in [1.29, 1.82) is 0 Å². The highest BCUT2D eigenvalue weighted by Gasteiger charge is 2.24. The fourth-order valence-corrected chi connectivity index (χ4v) is 5.57. The van der Waals surface area contributed by atoms with Crippen LogP contribution in [0.1, 0.15) is 26.4 Å². The smallest absolute Gasteiger partial charge is 0.253 e. The third kappa shape index (κ3) is 5.45. The van der Waals surface area contributed by atoms with E-state index in [1.54, 1.807) is 17.0 Å². The van der Waals surface area contributed by atoms with Crippen molar-refractivity contribution < 1.29 is 13.2 Å². The van der Waals surface area contributed by atoms with Gasteiger partial charge >= 0.3 is 0 Å². The Labute approximate surface area is 193 Å². The zero-order valence-corrected chi connectivity index (χ0v) is 19.7. The second-order valence-electron chi connectivity index (χ2n) is 7.93. The summed E-state index contributed by atoms with van der Waals surface area (Å²) in [6, 6.07) is 18.4. The molecule has 32 heavy (non-hydrogen) atoms. The molecule has 1 saturated heterocycles. The molecule has 0 bridgehead atoms.